The zero-order chi connectivity index (χ0) is 16.6. The molecule has 132 valence electrons. The molecule has 2 heterocycles. The van der Waals surface area contributed by atoms with Crippen LogP contribution in [0.25, 0.3) is 0 Å². The first-order valence-electron chi connectivity index (χ1n) is 9.43. The van der Waals surface area contributed by atoms with Crippen molar-refractivity contribution in [3.05, 3.63) is 35.9 Å². The van der Waals surface area contributed by atoms with Gasteiger partial charge in [0.15, 0.2) is 0 Å². The SMILES string of the molecule is O=C(CC1CCN(CCc2ccccc2)CC1)N1CCCOCC1. The van der Waals surface area contributed by atoms with Gasteiger partial charge in [-0.05, 0) is 50.3 Å². The summed E-state index contributed by atoms with van der Waals surface area (Å²) in [5.74, 6) is 0.901. The Bertz CT molecular complexity index is 490. The fourth-order valence-electron chi connectivity index (χ4n) is 3.72. The van der Waals surface area contributed by atoms with Crippen LogP contribution in [0.1, 0.15) is 31.2 Å². The van der Waals surface area contributed by atoms with Gasteiger partial charge in [0.25, 0.3) is 0 Å². The van der Waals surface area contributed by atoms with Gasteiger partial charge in [0.1, 0.15) is 0 Å². The Morgan fingerprint density at radius 3 is 2.62 bits per heavy atom. The molecule has 1 amide bonds. The summed E-state index contributed by atoms with van der Waals surface area (Å²) in [6.07, 6.45) is 5.14. The van der Waals surface area contributed by atoms with Crippen LogP contribution in [0.2, 0.25) is 0 Å². The van der Waals surface area contributed by atoms with Gasteiger partial charge in [0, 0.05) is 32.7 Å². The molecule has 3 rings (SSSR count). The van der Waals surface area contributed by atoms with Crippen molar-refractivity contribution in [3.8, 4) is 0 Å². The van der Waals surface area contributed by atoms with Gasteiger partial charge in [-0.2, -0.15) is 0 Å². The maximum Gasteiger partial charge on any atom is 0.222 e. The highest BCUT2D eigenvalue weighted by molar-refractivity contribution is 5.76. The van der Waals surface area contributed by atoms with E-state index < -0.39 is 0 Å². The van der Waals surface area contributed by atoms with Crippen molar-refractivity contribution >= 4 is 5.91 Å². The van der Waals surface area contributed by atoms with E-state index in [0.29, 0.717) is 18.4 Å². The molecule has 0 spiro atoms. The van der Waals surface area contributed by atoms with Crippen LogP contribution in [0.15, 0.2) is 30.3 Å². The van der Waals surface area contributed by atoms with E-state index >= 15 is 0 Å². The summed E-state index contributed by atoms with van der Waals surface area (Å²) in [7, 11) is 0. The van der Waals surface area contributed by atoms with Crippen molar-refractivity contribution in [1.29, 1.82) is 0 Å². The van der Waals surface area contributed by atoms with E-state index in [0.717, 1.165) is 71.4 Å². The highest BCUT2D eigenvalue weighted by Crippen LogP contribution is 2.22. The Morgan fingerprint density at radius 2 is 1.83 bits per heavy atom. The third-order valence-corrected chi connectivity index (χ3v) is 5.30. The van der Waals surface area contributed by atoms with Crippen LogP contribution in [0, 0.1) is 5.92 Å². The number of ether oxygens (including phenoxy) is 1. The monoisotopic (exact) mass is 330 g/mol. The maximum absolute atomic E-state index is 12.5. The van der Waals surface area contributed by atoms with Crippen LogP contribution in [0.3, 0.4) is 0 Å². The number of amides is 1. The predicted octanol–water partition coefficient (Wildman–Crippen LogP) is 2.58. The first-order chi connectivity index (χ1) is 11.8. The molecule has 2 aliphatic rings. The van der Waals surface area contributed by atoms with Gasteiger partial charge in [-0.3, -0.25) is 4.79 Å². The van der Waals surface area contributed by atoms with E-state index in [9.17, 15) is 4.79 Å². The number of carbonyl (C=O) groups excluding carboxylic acids is 1. The molecule has 2 saturated heterocycles. The van der Waals surface area contributed by atoms with Gasteiger partial charge in [0.2, 0.25) is 5.91 Å². The van der Waals surface area contributed by atoms with Crippen LogP contribution in [-0.4, -0.2) is 61.6 Å². The number of benzene rings is 1. The summed E-state index contributed by atoms with van der Waals surface area (Å²) in [6.45, 7) is 6.53. The molecule has 4 heteroatoms. The van der Waals surface area contributed by atoms with Gasteiger partial charge < -0.3 is 14.5 Å². The lowest BCUT2D eigenvalue weighted by molar-refractivity contribution is -0.132. The fourth-order valence-corrected chi connectivity index (χ4v) is 3.72. The quantitative estimate of drug-likeness (QED) is 0.832. The Balaban J connectivity index is 1.36. The van der Waals surface area contributed by atoms with Crippen LogP contribution >= 0.6 is 0 Å². The average Bonchev–Trinajstić information content (AvgIpc) is 2.91. The van der Waals surface area contributed by atoms with E-state index in [-0.39, 0.29) is 0 Å². The minimum atomic E-state index is 0.336. The number of carbonyl (C=O) groups is 1. The van der Waals surface area contributed by atoms with Crippen molar-refractivity contribution in [2.24, 2.45) is 5.92 Å². The molecular weight excluding hydrogens is 300 g/mol. The van der Waals surface area contributed by atoms with Crippen molar-refractivity contribution in [2.75, 3.05) is 45.9 Å². The van der Waals surface area contributed by atoms with E-state index in [1.165, 1.54) is 5.56 Å². The van der Waals surface area contributed by atoms with E-state index in [4.69, 9.17) is 4.74 Å². The van der Waals surface area contributed by atoms with Crippen LogP contribution in [0.4, 0.5) is 0 Å². The zero-order valence-electron chi connectivity index (χ0n) is 14.7. The molecule has 24 heavy (non-hydrogen) atoms. The van der Waals surface area contributed by atoms with Gasteiger partial charge in [0.05, 0.1) is 6.61 Å². The lowest BCUT2D eigenvalue weighted by atomic mass is 9.92. The lowest BCUT2D eigenvalue weighted by Gasteiger charge is -2.32. The second-order valence-corrected chi connectivity index (χ2v) is 7.07. The molecule has 0 N–H and O–H groups in total. The summed E-state index contributed by atoms with van der Waals surface area (Å²) < 4.78 is 5.44. The Hall–Kier alpha value is -1.39. The molecule has 0 atom stereocenters. The molecule has 4 nitrogen and oxygen atoms in total. The molecule has 0 saturated carbocycles. The highest BCUT2D eigenvalue weighted by Gasteiger charge is 2.24. The summed E-state index contributed by atoms with van der Waals surface area (Å²) in [4.78, 5) is 17.0. The number of rotatable bonds is 5. The Labute approximate surface area is 145 Å². The van der Waals surface area contributed by atoms with Crippen LogP contribution < -0.4 is 0 Å². The van der Waals surface area contributed by atoms with Gasteiger partial charge >= 0.3 is 0 Å². The summed E-state index contributed by atoms with van der Waals surface area (Å²) >= 11 is 0. The van der Waals surface area contributed by atoms with Crippen molar-refractivity contribution < 1.29 is 9.53 Å². The molecule has 0 aromatic heterocycles. The standard InChI is InChI=1S/C20H30N2O2/c23-20(22-10-4-15-24-16-14-22)17-19-8-12-21(13-9-19)11-7-18-5-2-1-3-6-18/h1-3,5-6,19H,4,7-17H2. The highest BCUT2D eigenvalue weighted by atomic mass is 16.5. The number of piperidine rings is 1. The lowest BCUT2D eigenvalue weighted by Crippen LogP contribution is -2.38. The molecule has 0 unspecified atom stereocenters. The van der Waals surface area contributed by atoms with Gasteiger partial charge in [-0.15, -0.1) is 0 Å². The van der Waals surface area contributed by atoms with Gasteiger partial charge in [-0.1, -0.05) is 30.3 Å². The second-order valence-electron chi connectivity index (χ2n) is 7.07. The number of hydrogen-bond donors (Lipinski definition) is 0. The smallest absolute Gasteiger partial charge is 0.222 e. The minimum absolute atomic E-state index is 0.336. The largest absolute Gasteiger partial charge is 0.380 e. The van der Waals surface area contributed by atoms with Crippen molar-refractivity contribution in [2.45, 2.75) is 32.1 Å². The fraction of sp³-hybridized carbons (Fsp3) is 0.650. The predicted molar refractivity (Wildman–Crippen MR) is 95.9 cm³/mol. The second kappa shape index (κ2) is 9.19. The number of hydrogen-bond acceptors (Lipinski definition) is 3. The van der Waals surface area contributed by atoms with E-state index in [1.54, 1.807) is 0 Å². The Kier molecular flexibility index (Phi) is 6.67. The van der Waals surface area contributed by atoms with Crippen LogP contribution in [0.5, 0.6) is 0 Å². The first kappa shape index (κ1) is 17.4. The molecule has 0 aliphatic carbocycles. The molecule has 0 radical (unpaired) electrons. The summed E-state index contributed by atoms with van der Waals surface area (Å²) in [5.41, 5.74) is 1.41. The first-order valence-corrected chi connectivity index (χ1v) is 9.43. The maximum atomic E-state index is 12.5. The van der Waals surface area contributed by atoms with E-state index in [1.807, 2.05) is 4.90 Å². The van der Waals surface area contributed by atoms with Gasteiger partial charge in [-0.25, -0.2) is 0 Å². The van der Waals surface area contributed by atoms with E-state index in [2.05, 4.69) is 35.2 Å². The molecule has 2 aliphatic heterocycles. The van der Waals surface area contributed by atoms with Crippen molar-refractivity contribution in [1.82, 2.24) is 9.80 Å². The minimum Gasteiger partial charge on any atom is -0.380 e. The molecular formula is C20H30N2O2. The van der Waals surface area contributed by atoms with Crippen LogP contribution in [-0.2, 0) is 16.0 Å². The third kappa shape index (κ3) is 5.32. The molecule has 1 aromatic rings. The zero-order valence-corrected chi connectivity index (χ0v) is 14.7. The topological polar surface area (TPSA) is 32.8 Å². The third-order valence-electron chi connectivity index (χ3n) is 5.30. The Morgan fingerprint density at radius 1 is 1.04 bits per heavy atom. The average molecular weight is 330 g/mol. The molecule has 2 fully saturated rings. The number of nitrogens with zero attached hydrogens (tertiary/aromatic N) is 2. The molecule has 1 aromatic carbocycles. The molecule has 0 bridgehead atoms. The summed E-state index contributed by atoms with van der Waals surface area (Å²) in [5, 5.41) is 0. The summed E-state index contributed by atoms with van der Waals surface area (Å²) in [6, 6.07) is 10.7. The van der Waals surface area contributed by atoms with Crippen molar-refractivity contribution in [3.63, 3.8) is 0 Å². The normalized spacial score (nSPS) is 20.8. The number of likely N-dealkylation sites (tertiary alicyclic amines) is 1.